The third-order valence-electron chi connectivity index (χ3n) is 6.48. The van der Waals surface area contributed by atoms with Crippen LogP contribution in [0.25, 0.3) is 22.3 Å². The first-order valence-electron chi connectivity index (χ1n) is 11.9. The minimum atomic E-state index is -5.78. The molecule has 4 rings (SSSR count). The summed E-state index contributed by atoms with van der Waals surface area (Å²) in [5.41, 5.74) is 0.874. The molecule has 0 radical (unpaired) electrons. The van der Waals surface area contributed by atoms with Crippen LogP contribution in [-0.4, -0.2) is 13.0 Å². The topological polar surface area (TPSA) is 18.5 Å². The summed E-state index contributed by atoms with van der Waals surface area (Å²) in [6, 6.07) is 15.5. The Morgan fingerprint density at radius 1 is 0.784 bits per heavy atom. The molecule has 0 amide bonds. The van der Waals surface area contributed by atoms with E-state index in [1.54, 1.807) is 24.3 Å². The SMILES string of the molecule is CCCC1CCC(c2ccc(-c3ccc(-c4cc(F)c(C(F)(F)OC(F)(F)F)c(F)c4)cc3)cc2)OC1. The van der Waals surface area contributed by atoms with Crippen molar-refractivity contribution in [3.8, 4) is 22.3 Å². The van der Waals surface area contributed by atoms with E-state index in [1.807, 2.05) is 24.3 Å². The van der Waals surface area contributed by atoms with Crippen molar-refractivity contribution in [1.82, 2.24) is 0 Å². The van der Waals surface area contributed by atoms with Gasteiger partial charge in [-0.3, -0.25) is 0 Å². The number of ether oxygens (including phenoxy) is 2. The Morgan fingerprint density at radius 2 is 1.30 bits per heavy atom. The third-order valence-corrected chi connectivity index (χ3v) is 6.48. The molecule has 37 heavy (non-hydrogen) atoms. The highest BCUT2D eigenvalue weighted by molar-refractivity contribution is 5.71. The quantitative estimate of drug-likeness (QED) is 0.286. The van der Waals surface area contributed by atoms with Gasteiger partial charge in [0.25, 0.3) is 0 Å². The van der Waals surface area contributed by atoms with Crippen molar-refractivity contribution < 1.29 is 40.2 Å². The van der Waals surface area contributed by atoms with Crippen LogP contribution < -0.4 is 0 Å². The van der Waals surface area contributed by atoms with E-state index >= 15 is 0 Å². The normalized spacial score (nSPS) is 18.7. The Labute approximate surface area is 210 Å². The van der Waals surface area contributed by atoms with Crippen LogP contribution in [0.1, 0.15) is 49.8 Å². The average Bonchev–Trinajstić information content (AvgIpc) is 2.83. The zero-order chi connectivity index (χ0) is 26.8. The maximum atomic E-state index is 14.3. The van der Waals surface area contributed by atoms with Gasteiger partial charge in [0.15, 0.2) is 0 Å². The van der Waals surface area contributed by atoms with Crippen LogP contribution in [0.15, 0.2) is 60.7 Å². The van der Waals surface area contributed by atoms with Crippen LogP contribution in [0.2, 0.25) is 0 Å². The predicted octanol–water partition coefficient (Wildman–Crippen LogP) is 9.15. The summed E-state index contributed by atoms with van der Waals surface area (Å²) in [6.45, 7) is 2.93. The lowest BCUT2D eigenvalue weighted by atomic mass is 9.91. The van der Waals surface area contributed by atoms with Gasteiger partial charge in [0.2, 0.25) is 0 Å². The van der Waals surface area contributed by atoms with Crippen LogP contribution in [-0.2, 0) is 15.6 Å². The van der Waals surface area contributed by atoms with Gasteiger partial charge < -0.3 is 4.74 Å². The summed E-state index contributed by atoms with van der Waals surface area (Å²) in [5.74, 6) is -3.09. The molecule has 0 aromatic heterocycles. The standard InChI is InChI=1S/C28H25F7O2/c1-2-3-17-4-13-25(36-16-17)21-11-9-19(10-12-21)18-5-7-20(8-6-18)22-14-23(29)26(24(30)15-22)27(31,32)37-28(33,34)35/h5-12,14-15,17,25H,2-4,13,16H2,1H3. The number of hydrogen-bond acceptors (Lipinski definition) is 2. The Morgan fingerprint density at radius 3 is 1.76 bits per heavy atom. The molecule has 0 bridgehead atoms. The zero-order valence-corrected chi connectivity index (χ0v) is 19.9. The van der Waals surface area contributed by atoms with Crippen LogP contribution in [0, 0.1) is 17.6 Å². The largest absolute Gasteiger partial charge is 0.527 e. The smallest absolute Gasteiger partial charge is 0.373 e. The molecule has 0 aliphatic carbocycles. The Kier molecular flexibility index (Phi) is 7.94. The molecule has 2 unspecified atom stereocenters. The number of hydrogen-bond donors (Lipinski definition) is 0. The molecule has 0 saturated carbocycles. The first-order chi connectivity index (χ1) is 17.5. The van der Waals surface area contributed by atoms with Gasteiger partial charge in [-0.25, -0.2) is 13.5 Å². The summed E-state index contributed by atoms with van der Waals surface area (Å²) in [6.07, 6.45) is -6.52. The Balaban J connectivity index is 1.48. The van der Waals surface area contributed by atoms with Crippen molar-refractivity contribution in [1.29, 1.82) is 0 Å². The molecule has 3 aromatic carbocycles. The summed E-state index contributed by atoms with van der Waals surface area (Å²) >= 11 is 0. The highest BCUT2D eigenvalue weighted by Crippen LogP contribution is 2.40. The fraction of sp³-hybridized carbons (Fsp3) is 0.357. The van der Waals surface area contributed by atoms with Crippen molar-refractivity contribution in [3.63, 3.8) is 0 Å². The first kappa shape index (κ1) is 27.1. The monoisotopic (exact) mass is 526 g/mol. The molecule has 3 aromatic rings. The van der Waals surface area contributed by atoms with E-state index in [-0.39, 0.29) is 11.7 Å². The fourth-order valence-corrected chi connectivity index (χ4v) is 4.66. The highest BCUT2D eigenvalue weighted by Gasteiger charge is 2.49. The lowest BCUT2D eigenvalue weighted by Crippen LogP contribution is -2.29. The first-order valence-corrected chi connectivity index (χ1v) is 11.9. The molecular weight excluding hydrogens is 501 g/mol. The molecule has 0 N–H and O–H groups in total. The van der Waals surface area contributed by atoms with E-state index in [0.29, 0.717) is 23.6 Å². The number of rotatable bonds is 7. The molecule has 1 aliphatic heterocycles. The highest BCUT2D eigenvalue weighted by atomic mass is 19.4. The second-order valence-electron chi connectivity index (χ2n) is 9.13. The summed E-state index contributed by atoms with van der Waals surface area (Å²) < 4.78 is 101. The van der Waals surface area contributed by atoms with Crippen LogP contribution in [0.4, 0.5) is 30.7 Å². The Bertz CT molecular complexity index is 1170. The summed E-state index contributed by atoms with van der Waals surface area (Å²) in [7, 11) is 0. The fourth-order valence-electron chi connectivity index (χ4n) is 4.66. The van der Waals surface area contributed by atoms with Gasteiger partial charge in [0.1, 0.15) is 17.2 Å². The zero-order valence-electron chi connectivity index (χ0n) is 19.9. The van der Waals surface area contributed by atoms with Crippen LogP contribution >= 0.6 is 0 Å². The van der Waals surface area contributed by atoms with Crippen LogP contribution in [0.5, 0.6) is 0 Å². The second kappa shape index (κ2) is 10.8. The molecule has 1 saturated heterocycles. The molecule has 1 aliphatic rings. The summed E-state index contributed by atoms with van der Waals surface area (Å²) in [4.78, 5) is 0. The number of halogens is 7. The van der Waals surface area contributed by atoms with Gasteiger partial charge in [-0.1, -0.05) is 61.9 Å². The third kappa shape index (κ3) is 6.51. The molecule has 9 heteroatoms. The van der Waals surface area contributed by atoms with E-state index in [1.165, 1.54) is 6.42 Å². The lowest BCUT2D eigenvalue weighted by molar-refractivity contribution is -0.432. The average molecular weight is 526 g/mol. The minimum Gasteiger partial charge on any atom is -0.373 e. The van der Waals surface area contributed by atoms with Gasteiger partial charge in [0, 0.05) is 0 Å². The molecule has 0 spiro atoms. The summed E-state index contributed by atoms with van der Waals surface area (Å²) in [5, 5.41) is 0. The molecular formula is C28H25F7O2. The molecule has 198 valence electrons. The van der Waals surface area contributed by atoms with Crippen molar-refractivity contribution in [2.75, 3.05) is 6.61 Å². The van der Waals surface area contributed by atoms with Gasteiger partial charge in [-0.05, 0) is 65.1 Å². The minimum absolute atomic E-state index is 0.0613. The number of benzene rings is 3. The van der Waals surface area contributed by atoms with Gasteiger partial charge >= 0.3 is 12.5 Å². The molecule has 1 heterocycles. The van der Waals surface area contributed by atoms with Gasteiger partial charge in [-0.2, -0.15) is 8.78 Å². The van der Waals surface area contributed by atoms with Crippen molar-refractivity contribution in [3.05, 3.63) is 83.4 Å². The Hall–Kier alpha value is -2.91. The van der Waals surface area contributed by atoms with E-state index in [0.717, 1.165) is 42.6 Å². The molecule has 2 nitrogen and oxygen atoms in total. The molecule has 2 atom stereocenters. The van der Waals surface area contributed by atoms with E-state index in [2.05, 4.69) is 11.7 Å². The van der Waals surface area contributed by atoms with Gasteiger partial charge in [-0.15, -0.1) is 13.2 Å². The van der Waals surface area contributed by atoms with Crippen molar-refractivity contribution in [2.24, 2.45) is 5.92 Å². The van der Waals surface area contributed by atoms with E-state index in [9.17, 15) is 30.7 Å². The van der Waals surface area contributed by atoms with E-state index in [4.69, 9.17) is 4.74 Å². The lowest BCUT2D eigenvalue weighted by Gasteiger charge is -2.29. The molecule has 1 fully saturated rings. The predicted molar refractivity (Wildman–Crippen MR) is 125 cm³/mol. The van der Waals surface area contributed by atoms with Crippen molar-refractivity contribution in [2.45, 2.75) is 51.2 Å². The maximum absolute atomic E-state index is 14.3. The van der Waals surface area contributed by atoms with Crippen LogP contribution in [0.3, 0.4) is 0 Å². The number of alkyl halides is 5. The van der Waals surface area contributed by atoms with E-state index < -0.39 is 29.7 Å². The van der Waals surface area contributed by atoms with Gasteiger partial charge in [0.05, 0.1) is 12.7 Å². The maximum Gasteiger partial charge on any atom is 0.527 e. The van der Waals surface area contributed by atoms with Crippen molar-refractivity contribution >= 4 is 0 Å². The second-order valence-corrected chi connectivity index (χ2v) is 9.13.